The van der Waals surface area contributed by atoms with E-state index in [4.69, 9.17) is 0 Å². The van der Waals surface area contributed by atoms with E-state index in [1.165, 1.54) is 12.8 Å². The van der Waals surface area contributed by atoms with Gasteiger partial charge in [-0.2, -0.15) is 0 Å². The number of hydrogen-bond acceptors (Lipinski definition) is 2. The highest BCUT2D eigenvalue weighted by atomic mass is 19.1. The highest BCUT2D eigenvalue weighted by Crippen LogP contribution is 2.32. The fourth-order valence-corrected chi connectivity index (χ4v) is 2.56. The summed E-state index contributed by atoms with van der Waals surface area (Å²) >= 11 is 0. The van der Waals surface area contributed by atoms with E-state index in [1.807, 2.05) is 0 Å². The molecule has 0 unspecified atom stereocenters. The van der Waals surface area contributed by atoms with E-state index in [2.05, 4.69) is 37.1 Å². The van der Waals surface area contributed by atoms with Crippen LogP contribution in [0.15, 0.2) is 18.2 Å². The molecule has 0 radical (unpaired) electrons. The maximum Gasteiger partial charge on any atom is 0.125 e. The zero-order valence-electron chi connectivity index (χ0n) is 12.3. The lowest BCUT2D eigenvalue weighted by Crippen LogP contribution is -2.37. The van der Waals surface area contributed by atoms with Gasteiger partial charge < -0.3 is 10.2 Å². The molecule has 1 saturated heterocycles. The first-order chi connectivity index (χ1) is 9.00. The van der Waals surface area contributed by atoms with Crippen molar-refractivity contribution in [3.8, 4) is 0 Å². The van der Waals surface area contributed by atoms with Crippen molar-refractivity contribution in [1.29, 1.82) is 0 Å². The molecule has 0 saturated carbocycles. The third-order valence-electron chi connectivity index (χ3n) is 4.00. The summed E-state index contributed by atoms with van der Waals surface area (Å²) < 4.78 is 13.7. The molecule has 0 aliphatic carbocycles. The molecule has 3 heteroatoms. The van der Waals surface area contributed by atoms with Crippen LogP contribution in [0.4, 0.5) is 10.1 Å². The topological polar surface area (TPSA) is 15.3 Å². The fourth-order valence-electron chi connectivity index (χ4n) is 2.56. The number of hydrogen-bond donors (Lipinski definition) is 1. The Balaban J connectivity index is 2.09. The Morgan fingerprint density at radius 2 is 1.89 bits per heavy atom. The van der Waals surface area contributed by atoms with Crippen LogP contribution in [0.2, 0.25) is 0 Å². The summed E-state index contributed by atoms with van der Waals surface area (Å²) in [7, 11) is 0. The van der Waals surface area contributed by atoms with E-state index in [0.29, 0.717) is 5.41 Å². The second kappa shape index (κ2) is 5.91. The summed E-state index contributed by atoms with van der Waals surface area (Å²) in [6.07, 6.45) is 2.35. The van der Waals surface area contributed by atoms with Crippen LogP contribution in [0.3, 0.4) is 0 Å². The molecule has 0 atom stereocenters. The van der Waals surface area contributed by atoms with Crippen molar-refractivity contribution in [3.05, 3.63) is 29.6 Å². The van der Waals surface area contributed by atoms with Crippen molar-refractivity contribution in [2.75, 3.05) is 24.5 Å². The largest absolute Gasteiger partial charge is 0.371 e. The minimum absolute atomic E-state index is 0.129. The molecular formula is C16H25FN2. The van der Waals surface area contributed by atoms with Gasteiger partial charge in [0.1, 0.15) is 5.82 Å². The van der Waals surface area contributed by atoms with Gasteiger partial charge >= 0.3 is 0 Å². The van der Waals surface area contributed by atoms with E-state index in [-0.39, 0.29) is 5.82 Å². The monoisotopic (exact) mass is 264 g/mol. The molecule has 19 heavy (non-hydrogen) atoms. The predicted octanol–water partition coefficient (Wildman–Crippen LogP) is 3.56. The molecule has 2 rings (SSSR count). The zero-order valence-corrected chi connectivity index (χ0v) is 12.3. The van der Waals surface area contributed by atoms with E-state index in [1.54, 1.807) is 12.1 Å². The summed E-state index contributed by atoms with van der Waals surface area (Å²) in [4.78, 5) is 2.31. The molecule has 1 aromatic rings. The number of anilines is 1. The fraction of sp³-hybridized carbons (Fsp3) is 0.625. The quantitative estimate of drug-likeness (QED) is 0.894. The second-order valence-electron chi connectivity index (χ2n) is 6.25. The van der Waals surface area contributed by atoms with Gasteiger partial charge in [-0.05, 0) is 48.6 Å². The number of halogens is 1. The van der Waals surface area contributed by atoms with E-state index in [0.717, 1.165) is 37.4 Å². The van der Waals surface area contributed by atoms with Crippen LogP contribution >= 0.6 is 0 Å². The van der Waals surface area contributed by atoms with Crippen LogP contribution in [0.1, 0.15) is 39.2 Å². The van der Waals surface area contributed by atoms with Crippen LogP contribution in [0.25, 0.3) is 0 Å². The molecule has 106 valence electrons. The van der Waals surface area contributed by atoms with Gasteiger partial charge in [-0.15, -0.1) is 0 Å². The first kappa shape index (κ1) is 14.3. The molecule has 1 aliphatic rings. The van der Waals surface area contributed by atoms with Crippen molar-refractivity contribution in [2.45, 2.75) is 40.2 Å². The van der Waals surface area contributed by atoms with Crippen LogP contribution in [0, 0.1) is 11.2 Å². The Hall–Kier alpha value is -1.09. The molecular weight excluding hydrogens is 239 g/mol. The van der Waals surface area contributed by atoms with E-state index < -0.39 is 0 Å². The lowest BCUT2D eigenvalue weighted by molar-refractivity contribution is 0.280. The lowest BCUT2D eigenvalue weighted by Gasteiger charge is -2.38. The van der Waals surface area contributed by atoms with Crippen LogP contribution in [0.5, 0.6) is 0 Å². The minimum atomic E-state index is -0.129. The summed E-state index contributed by atoms with van der Waals surface area (Å²) in [5, 5.41) is 3.25. The summed E-state index contributed by atoms with van der Waals surface area (Å²) in [6, 6.07) is 5.40. The lowest BCUT2D eigenvalue weighted by atomic mass is 9.82. The Morgan fingerprint density at radius 1 is 1.21 bits per heavy atom. The van der Waals surface area contributed by atoms with Crippen LogP contribution in [-0.4, -0.2) is 19.6 Å². The highest BCUT2D eigenvalue weighted by molar-refractivity contribution is 5.49. The van der Waals surface area contributed by atoms with Crippen molar-refractivity contribution >= 4 is 5.69 Å². The molecule has 1 aromatic carbocycles. The molecule has 1 fully saturated rings. The van der Waals surface area contributed by atoms with Gasteiger partial charge in [0.05, 0.1) is 0 Å². The van der Waals surface area contributed by atoms with Gasteiger partial charge in [-0.3, -0.25) is 0 Å². The van der Waals surface area contributed by atoms with Gasteiger partial charge in [0.25, 0.3) is 0 Å². The average molecular weight is 264 g/mol. The van der Waals surface area contributed by atoms with Gasteiger partial charge in [0, 0.05) is 25.3 Å². The smallest absolute Gasteiger partial charge is 0.125 e. The van der Waals surface area contributed by atoms with Crippen molar-refractivity contribution < 1.29 is 4.39 Å². The summed E-state index contributed by atoms with van der Waals surface area (Å²) in [5.41, 5.74) is 2.49. The van der Waals surface area contributed by atoms with Gasteiger partial charge in [0.2, 0.25) is 0 Å². The molecule has 0 aromatic heterocycles. The van der Waals surface area contributed by atoms with Crippen molar-refractivity contribution in [3.63, 3.8) is 0 Å². The summed E-state index contributed by atoms with van der Waals surface area (Å²) in [6.45, 7) is 10.4. The van der Waals surface area contributed by atoms with E-state index >= 15 is 0 Å². The third kappa shape index (κ3) is 3.93. The van der Waals surface area contributed by atoms with Crippen molar-refractivity contribution in [2.24, 2.45) is 5.41 Å². The van der Waals surface area contributed by atoms with Crippen LogP contribution < -0.4 is 10.2 Å². The van der Waals surface area contributed by atoms with Gasteiger partial charge in [0.15, 0.2) is 0 Å². The second-order valence-corrected chi connectivity index (χ2v) is 6.25. The Bertz CT molecular complexity index is 419. The predicted molar refractivity (Wildman–Crippen MR) is 79.0 cm³/mol. The number of nitrogens with one attached hydrogen (secondary N) is 1. The standard InChI is InChI=1S/C16H25FN2/c1-4-18-12-13-9-14(17)11-15(10-13)19-7-5-16(2,3)6-8-19/h9-11,18H,4-8,12H2,1-3H3. The zero-order chi connectivity index (χ0) is 13.9. The van der Waals surface area contributed by atoms with Gasteiger partial charge in [-0.1, -0.05) is 20.8 Å². The molecule has 0 spiro atoms. The first-order valence-electron chi connectivity index (χ1n) is 7.25. The molecule has 1 heterocycles. The SMILES string of the molecule is CCNCc1cc(F)cc(N2CCC(C)(C)CC2)c1. The number of rotatable bonds is 4. The average Bonchev–Trinajstić information content (AvgIpc) is 2.35. The number of nitrogens with zero attached hydrogens (tertiary/aromatic N) is 1. The van der Waals surface area contributed by atoms with Crippen LogP contribution in [-0.2, 0) is 6.54 Å². The summed E-state index contributed by atoms with van der Waals surface area (Å²) in [5.74, 6) is -0.129. The molecule has 1 N–H and O–H groups in total. The number of piperidine rings is 1. The highest BCUT2D eigenvalue weighted by Gasteiger charge is 2.25. The molecule has 0 amide bonds. The third-order valence-corrected chi connectivity index (χ3v) is 4.00. The van der Waals surface area contributed by atoms with E-state index in [9.17, 15) is 4.39 Å². The molecule has 1 aliphatic heterocycles. The first-order valence-corrected chi connectivity index (χ1v) is 7.25. The normalized spacial score (nSPS) is 18.6. The maximum absolute atomic E-state index is 13.7. The Labute approximate surface area is 116 Å². The van der Waals surface area contributed by atoms with Gasteiger partial charge in [-0.25, -0.2) is 4.39 Å². The molecule has 2 nitrogen and oxygen atoms in total. The Morgan fingerprint density at radius 3 is 2.53 bits per heavy atom. The Kier molecular flexibility index (Phi) is 4.46. The maximum atomic E-state index is 13.7. The number of benzene rings is 1. The molecule has 0 bridgehead atoms. The minimum Gasteiger partial charge on any atom is -0.371 e. The van der Waals surface area contributed by atoms with Crippen molar-refractivity contribution in [1.82, 2.24) is 5.32 Å².